The number of benzene rings is 1. The first kappa shape index (κ1) is 14.9. The Balaban J connectivity index is 2.63. The maximum atomic E-state index is 11.9. The fourth-order valence-electron chi connectivity index (χ4n) is 1.45. The van der Waals surface area contributed by atoms with Gasteiger partial charge in [-0.25, -0.2) is 0 Å². The predicted molar refractivity (Wildman–Crippen MR) is 77.2 cm³/mol. The van der Waals surface area contributed by atoms with Gasteiger partial charge in [0.05, 0.1) is 18.3 Å². The Labute approximate surface area is 112 Å². The molecule has 4 nitrogen and oxygen atoms in total. The van der Waals surface area contributed by atoms with Gasteiger partial charge in [0.25, 0.3) is 0 Å². The molecule has 0 saturated heterocycles. The Morgan fingerprint density at radius 1 is 1.50 bits per heavy atom. The molecule has 1 amide bonds. The number of nitrogens with two attached hydrogens (primary N) is 1. The molecule has 5 heteroatoms. The summed E-state index contributed by atoms with van der Waals surface area (Å²) in [6.07, 6.45) is 2.67. The molecule has 3 N–H and O–H groups in total. The highest BCUT2D eigenvalue weighted by molar-refractivity contribution is 7.98. The van der Waals surface area contributed by atoms with Crippen molar-refractivity contribution in [2.24, 2.45) is 5.73 Å². The lowest BCUT2D eigenvalue weighted by molar-refractivity contribution is -0.117. The summed E-state index contributed by atoms with van der Waals surface area (Å²) in [4.78, 5) is 11.9. The monoisotopic (exact) mass is 268 g/mol. The Hall–Kier alpha value is -1.20. The van der Waals surface area contributed by atoms with Gasteiger partial charge in [0.1, 0.15) is 5.75 Å². The fraction of sp³-hybridized carbons (Fsp3) is 0.462. The van der Waals surface area contributed by atoms with E-state index in [0.717, 1.165) is 5.75 Å². The van der Waals surface area contributed by atoms with Crippen molar-refractivity contribution in [2.75, 3.05) is 23.9 Å². The lowest BCUT2D eigenvalue weighted by atomic mass is 10.2. The molecule has 0 saturated carbocycles. The van der Waals surface area contributed by atoms with E-state index in [9.17, 15) is 4.79 Å². The summed E-state index contributed by atoms with van der Waals surface area (Å²) < 4.78 is 5.44. The highest BCUT2D eigenvalue weighted by Gasteiger charge is 2.14. The van der Waals surface area contributed by atoms with Crippen molar-refractivity contribution in [3.8, 4) is 5.75 Å². The van der Waals surface area contributed by atoms with Crippen LogP contribution in [0.5, 0.6) is 5.75 Å². The van der Waals surface area contributed by atoms with Crippen LogP contribution in [0.3, 0.4) is 0 Å². The van der Waals surface area contributed by atoms with Gasteiger partial charge in [-0.2, -0.15) is 11.8 Å². The summed E-state index contributed by atoms with van der Waals surface area (Å²) >= 11 is 1.68. The number of para-hydroxylation sites is 2. The molecule has 0 aromatic heterocycles. The number of anilines is 1. The van der Waals surface area contributed by atoms with Gasteiger partial charge in [-0.1, -0.05) is 12.1 Å². The minimum absolute atomic E-state index is 0.170. The zero-order valence-electron chi connectivity index (χ0n) is 10.8. The molecule has 0 fully saturated rings. The summed E-state index contributed by atoms with van der Waals surface area (Å²) in [6.45, 7) is 2.47. The van der Waals surface area contributed by atoms with E-state index in [0.29, 0.717) is 24.5 Å². The molecule has 0 heterocycles. The Morgan fingerprint density at radius 2 is 2.22 bits per heavy atom. The van der Waals surface area contributed by atoms with Gasteiger partial charge in [-0.05, 0) is 37.5 Å². The fourth-order valence-corrected chi connectivity index (χ4v) is 1.94. The van der Waals surface area contributed by atoms with Crippen LogP contribution in [0.15, 0.2) is 24.3 Å². The molecule has 1 rings (SSSR count). The van der Waals surface area contributed by atoms with Gasteiger partial charge in [-0.15, -0.1) is 0 Å². The van der Waals surface area contributed by atoms with Crippen molar-refractivity contribution in [1.82, 2.24) is 0 Å². The molecule has 0 bridgehead atoms. The third kappa shape index (κ3) is 4.58. The van der Waals surface area contributed by atoms with Gasteiger partial charge in [0.2, 0.25) is 5.91 Å². The van der Waals surface area contributed by atoms with Crippen molar-refractivity contribution in [2.45, 2.75) is 19.4 Å². The number of hydrogen-bond acceptors (Lipinski definition) is 4. The second-order valence-corrected chi connectivity index (χ2v) is 4.79. The smallest absolute Gasteiger partial charge is 0.241 e. The lowest BCUT2D eigenvalue weighted by Crippen LogP contribution is -2.36. The average molecular weight is 268 g/mol. The summed E-state index contributed by atoms with van der Waals surface area (Å²) in [5.74, 6) is 1.38. The maximum Gasteiger partial charge on any atom is 0.241 e. The van der Waals surface area contributed by atoms with E-state index < -0.39 is 6.04 Å². The van der Waals surface area contributed by atoms with Crippen molar-refractivity contribution >= 4 is 23.4 Å². The molecule has 0 unspecified atom stereocenters. The van der Waals surface area contributed by atoms with Crippen LogP contribution in [0.4, 0.5) is 5.69 Å². The third-order valence-corrected chi connectivity index (χ3v) is 3.06. The average Bonchev–Trinajstić information content (AvgIpc) is 2.38. The molecule has 100 valence electrons. The van der Waals surface area contributed by atoms with Crippen molar-refractivity contribution in [1.29, 1.82) is 0 Å². The summed E-state index contributed by atoms with van der Waals surface area (Å²) in [6, 6.07) is 6.88. The van der Waals surface area contributed by atoms with Crippen molar-refractivity contribution in [3.05, 3.63) is 24.3 Å². The number of carbonyl (C=O) groups excluding carboxylic acids is 1. The number of nitrogens with one attached hydrogen (secondary N) is 1. The van der Waals surface area contributed by atoms with Crippen molar-refractivity contribution < 1.29 is 9.53 Å². The van der Waals surface area contributed by atoms with E-state index >= 15 is 0 Å². The van der Waals surface area contributed by atoms with E-state index in [4.69, 9.17) is 10.5 Å². The SMILES string of the molecule is CCOc1ccccc1NC(=O)[C@H](N)CCSC. The Bertz CT molecular complexity index is 385. The zero-order valence-corrected chi connectivity index (χ0v) is 11.6. The van der Waals surface area contributed by atoms with Crippen LogP contribution in [0.25, 0.3) is 0 Å². The second kappa shape index (κ2) is 8.00. The molecular formula is C13H20N2O2S. The number of hydrogen-bond donors (Lipinski definition) is 2. The van der Waals surface area contributed by atoms with Gasteiger partial charge in [0, 0.05) is 0 Å². The van der Waals surface area contributed by atoms with Crippen LogP contribution in [-0.2, 0) is 4.79 Å². The van der Waals surface area contributed by atoms with Crippen molar-refractivity contribution in [3.63, 3.8) is 0 Å². The minimum atomic E-state index is -0.480. The topological polar surface area (TPSA) is 64.3 Å². The van der Waals surface area contributed by atoms with E-state index in [2.05, 4.69) is 5.32 Å². The highest BCUT2D eigenvalue weighted by atomic mass is 32.2. The largest absolute Gasteiger partial charge is 0.492 e. The molecule has 1 atom stereocenters. The van der Waals surface area contributed by atoms with Crippen LogP contribution in [0, 0.1) is 0 Å². The third-order valence-electron chi connectivity index (χ3n) is 2.41. The molecule has 0 spiro atoms. The van der Waals surface area contributed by atoms with Gasteiger partial charge in [0.15, 0.2) is 0 Å². The first-order valence-electron chi connectivity index (χ1n) is 5.96. The van der Waals surface area contributed by atoms with Crippen LogP contribution < -0.4 is 15.8 Å². The Morgan fingerprint density at radius 3 is 2.89 bits per heavy atom. The molecule has 18 heavy (non-hydrogen) atoms. The quantitative estimate of drug-likeness (QED) is 0.795. The molecular weight excluding hydrogens is 248 g/mol. The summed E-state index contributed by atoms with van der Waals surface area (Å²) in [5, 5.41) is 2.81. The van der Waals surface area contributed by atoms with Crippen LogP contribution in [-0.4, -0.2) is 30.6 Å². The number of amides is 1. The van der Waals surface area contributed by atoms with Gasteiger partial charge in [-0.3, -0.25) is 4.79 Å². The lowest BCUT2D eigenvalue weighted by Gasteiger charge is -2.14. The number of thioether (sulfide) groups is 1. The van der Waals surface area contributed by atoms with Gasteiger partial charge < -0.3 is 15.8 Å². The Kier molecular flexibility index (Phi) is 6.60. The number of rotatable bonds is 7. The van der Waals surface area contributed by atoms with E-state index in [1.54, 1.807) is 11.8 Å². The van der Waals surface area contributed by atoms with Crippen LogP contribution in [0.1, 0.15) is 13.3 Å². The number of ether oxygens (including phenoxy) is 1. The second-order valence-electron chi connectivity index (χ2n) is 3.81. The molecule has 0 aliphatic rings. The van der Waals surface area contributed by atoms with Crippen LogP contribution >= 0.6 is 11.8 Å². The van der Waals surface area contributed by atoms with Crippen LogP contribution in [0.2, 0.25) is 0 Å². The normalized spacial score (nSPS) is 11.9. The maximum absolute atomic E-state index is 11.9. The highest BCUT2D eigenvalue weighted by Crippen LogP contribution is 2.23. The van der Waals surface area contributed by atoms with E-state index in [-0.39, 0.29) is 5.91 Å². The molecule has 0 radical (unpaired) electrons. The summed E-state index contributed by atoms with van der Waals surface area (Å²) in [5.41, 5.74) is 6.48. The number of carbonyl (C=O) groups is 1. The van der Waals surface area contributed by atoms with Gasteiger partial charge >= 0.3 is 0 Å². The predicted octanol–water partition coefficient (Wildman–Crippen LogP) is 2.10. The molecule has 1 aromatic carbocycles. The first-order valence-corrected chi connectivity index (χ1v) is 7.35. The summed E-state index contributed by atoms with van der Waals surface area (Å²) in [7, 11) is 0. The molecule has 0 aliphatic carbocycles. The first-order chi connectivity index (χ1) is 8.69. The van der Waals surface area contributed by atoms with E-state index in [1.807, 2.05) is 37.4 Å². The van der Waals surface area contributed by atoms with E-state index in [1.165, 1.54) is 0 Å². The molecule has 0 aliphatic heterocycles. The molecule has 1 aromatic rings. The zero-order chi connectivity index (χ0) is 13.4. The minimum Gasteiger partial charge on any atom is -0.492 e. The standard InChI is InChI=1S/C13H20N2O2S/c1-3-17-12-7-5-4-6-11(12)15-13(16)10(14)8-9-18-2/h4-7,10H,3,8-9,14H2,1-2H3,(H,15,16)/t10-/m1/s1.